The smallest absolute Gasteiger partial charge is 0.221 e. The minimum Gasteiger partial charge on any atom is -0.384 e. The van der Waals surface area contributed by atoms with Gasteiger partial charge in [-0.2, -0.15) is 0 Å². The average molecular weight is 237 g/mol. The van der Waals surface area contributed by atoms with Gasteiger partial charge in [0.05, 0.1) is 0 Å². The molecule has 94 valence electrons. The molecule has 0 aliphatic heterocycles. The Morgan fingerprint density at radius 1 is 1.47 bits per heavy atom. The van der Waals surface area contributed by atoms with Crippen molar-refractivity contribution in [2.45, 2.75) is 20.3 Å². The fourth-order valence-electron chi connectivity index (χ4n) is 1.18. The summed E-state index contributed by atoms with van der Waals surface area (Å²) in [6.07, 6.45) is 1.80. The molecular weight excluding hydrogens is 218 g/mol. The second-order valence-corrected chi connectivity index (χ2v) is 4.20. The molecule has 6 nitrogen and oxygen atoms in total. The highest BCUT2D eigenvalue weighted by molar-refractivity contribution is 5.76. The van der Waals surface area contributed by atoms with Crippen LogP contribution in [0.2, 0.25) is 0 Å². The van der Waals surface area contributed by atoms with Gasteiger partial charge in [-0.1, -0.05) is 13.8 Å². The van der Waals surface area contributed by atoms with Crippen molar-refractivity contribution >= 4 is 17.5 Å². The van der Waals surface area contributed by atoms with Gasteiger partial charge in [-0.3, -0.25) is 4.79 Å². The normalized spacial score (nSPS) is 10.3. The van der Waals surface area contributed by atoms with Gasteiger partial charge in [-0.15, -0.1) is 0 Å². The number of hydrogen-bond donors (Lipinski definition) is 3. The molecule has 0 bridgehead atoms. The molecule has 0 saturated heterocycles. The van der Waals surface area contributed by atoms with Gasteiger partial charge < -0.3 is 16.4 Å². The number of rotatable bonds is 6. The third-order valence-corrected chi connectivity index (χ3v) is 2.05. The highest BCUT2D eigenvalue weighted by Gasteiger charge is 2.02. The van der Waals surface area contributed by atoms with Gasteiger partial charge in [-0.05, 0) is 5.92 Å². The third-order valence-electron chi connectivity index (χ3n) is 2.05. The van der Waals surface area contributed by atoms with Crippen molar-refractivity contribution in [3.63, 3.8) is 0 Å². The van der Waals surface area contributed by atoms with Crippen LogP contribution in [0.4, 0.5) is 11.6 Å². The summed E-state index contributed by atoms with van der Waals surface area (Å²) in [4.78, 5) is 19.2. The Morgan fingerprint density at radius 2 is 2.24 bits per heavy atom. The molecule has 1 aromatic heterocycles. The van der Waals surface area contributed by atoms with Crippen molar-refractivity contribution in [1.29, 1.82) is 0 Å². The van der Waals surface area contributed by atoms with Crippen molar-refractivity contribution in [2.24, 2.45) is 5.92 Å². The zero-order valence-corrected chi connectivity index (χ0v) is 10.2. The molecule has 4 N–H and O–H groups in total. The van der Waals surface area contributed by atoms with Crippen LogP contribution < -0.4 is 16.4 Å². The van der Waals surface area contributed by atoms with Crippen LogP contribution in [-0.2, 0) is 4.79 Å². The lowest BCUT2D eigenvalue weighted by molar-refractivity contribution is -0.120. The first-order valence-corrected chi connectivity index (χ1v) is 5.66. The van der Waals surface area contributed by atoms with Gasteiger partial charge in [0.15, 0.2) is 0 Å². The Balaban J connectivity index is 2.21. The van der Waals surface area contributed by atoms with E-state index in [1.165, 1.54) is 6.33 Å². The quantitative estimate of drug-likeness (QED) is 0.675. The largest absolute Gasteiger partial charge is 0.384 e. The van der Waals surface area contributed by atoms with Gasteiger partial charge in [0, 0.05) is 25.6 Å². The van der Waals surface area contributed by atoms with Crippen molar-refractivity contribution in [2.75, 3.05) is 24.1 Å². The van der Waals surface area contributed by atoms with Crippen LogP contribution in [0.3, 0.4) is 0 Å². The molecule has 17 heavy (non-hydrogen) atoms. The van der Waals surface area contributed by atoms with Crippen LogP contribution in [0.15, 0.2) is 12.4 Å². The Morgan fingerprint density at radius 3 is 2.88 bits per heavy atom. The number of hydrogen-bond acceptors (Lipinski definition) is 5. The average Bonchev–Trinajstić information content (AvgIpc) is 2.26. The van der Waals surface area contributed by atoms with Crippen molar-refractivity contribution in [1.82, 2.24) is 15.3 Å². The zero-order valence-electron chi connectivity index (χ0n) is 10.2. The van der Waals surface area contributed by atoms with Gasteiger partial charge in [-0.25, -0.2) is 9.97 Å². The summed E-state index contributed by atoms with van der Waals surface area (Å²) >= 11 is 0. The first-order valence-electron chi connectivity index (χ1n) is 5.66. The minimum atomic E-state index is 0.0354. The highest BCUT2D eigenvalue weighted by atomic mass is 16.1. The summed E-state index contributed by atoms with van der Waals surface area (Å²) in [7, 11) is 0. The number of amides is 1. The van der Waals surface area contributed by atoms with Gasteiger partial charge in [0.1, 0.15) is 18.0 Å². The maximum Gasteiger partial charge on any atom is 0.221 e. The number of carbonyl (C=O) groups is 1. The number of nitrogens with one attached hydrogen (secondary N) is 2. The summed E-state index contributed by atoms with van der Waals surface area (Å²) < 4.78 is 0. The van der Waals surface area contributed by atoms with E-state index in [1.807, 2.05) is 0 Å². The molecule has 0 fully saturated rings. The van der Waals surface area contributed by atoms with Gasteiger partial charge in [0.25, 0.3) is 0 Å². The van der Waals surface area contributed by atoms with Crippen molar-refractivity contribution in [3.05, 3.63) is 12.4 Å². The van der Waals surface area contributed by atoms with Crippen LogP contribution >= 0.6 is 0 Å². The van der Waals surface area contributed by atoms with Gasteiger partial charge in [0.2, 0.25) is 5.91 Å². The molecule has 0 spiro atoms. The topological polar surface area (TPSA) is 92.9 Å². The van der Waals surface area contributed by atoms with E-state index >= 15 is 0 Å². The molecule has 0 saturated carbocycles. The number of aromatic nitrogens is 2. The van der Waals surface area contributed by atoms with E-state index < -0.39 is 0 Å². The minimum absolute atomic E-state index is 0.0354. The van der Waals surface area contributed by atoms with E-state index in [0.29, 0.717) is 37.1 Å². The van der Waals surface area contributed by atoms with Crippen LogP contribution in [0.25, 0.3) is 0 Å². The molecule has 1 aromatic rings. The van der Waals surface area contributed by atoms with Crippen molar-refractivity contribution in [3.8, 4) is 0 Å². The molecule has 6 heteroatoms. The molecule has 0 atom stereocenters. The predicted molar refractivity (Wildman–Crippen MR) is 67.4 cm³/mol. The van der Waals surface area contributed by atoms with E-state index in [0.717, 1.165) is 0 Å². The second-order valence-electron chi connectivity index (χ2n) is 4.20. The lowest BCUT2D eigenvalue weighted by atomic mass is 10.2. The summed E-state index contributed by atoms with van der Waals surface area (Å²) in [5.74, 6) is 1.54. The third kappa shape index (κ3) is 5.70. The molecule has 0 radical (unpaired) electrons. The maximum absolute atomic E-state index is 11.4. The molecule has 0 aliphatic rings. The number of nitrogen functional groups attached to an aromatic ring is 1. The fourth-order valence-corrected chi connectivity index (χ4v) is 1.18. The lowest BCUT2D eigenvalue weighted by Gasteiger charge is -2.08. The van der Waals surface area contributed by atoms with E-state index in [-0.39, 0.29) is 5.91 Å². The number of nitrogens with zero attached hydrogens (tertiary/aromatic N) is 2. The first-order chi connectivity index (χ1) is 8.08. The summed E-state index contributed by atoms with van der Waals surface area (Å²) in [6, 6.07) is 1.63. The Bertz CT molecular complexity index is 367. The predicted octanol–water partition coefficient (Wildman–Crippen LogP) is 0.633. The molecule has 1 heterocycles. The SMILES string of the molecule is CC(C)CNC(=O)CCNc1cc(N)ncn1. The van der Waals surface area contributed by atoms with E-state index in [9.17, 15) is 4.79 Å². The second kappa shape index (κ2) is 6.67. The van der Waals surface area contributed by atoms with E-state index in [4.69, 9.17) is 5.73 Å². The Hall–Kier alpha value is -1.85. The van der Waals surface area contributed by atoms with Crippen molar-refractivity contribution < 1.29 is 4.79 Å². The number of anilines is 2. The molecular formula is C11H19N5O. The summed E-state index contributed by atoms with van der Waals surface area (Å²) in [6.45, 7) is 5.35. The monoisotopic (exact) mass is 237 g/mol. The first kappa shape index (κ1) is 13.2. The van der Waals surface area contributed by atoms with Crippen LogP contribution in [0, 0.1) is 5.92 Å². The Labute approximate surface area is 101 Å². The van der Waals surface area contributed by atoms with Crippen LogP contribution in [-0.4, -0.2) is 29.0 Å². The molecule has 0 unspecified atom stereocenters. The summed E-state index contributed by atoms with van der Waals surface area (Å²) in [5.41, 5.74) is 5.50. The Kier molecular flexibility index (Phi) is 5.19. The molecule has 0 aromatic carbocycles. The molecule has 1 amide bonds. The standard InChI is InChI=1S/C11H19N5O/c1-8(2)6-14-11(17)3-4-13-10-5-9(12)15-7-16-10/h5,7-8H,3-4,6H2,1-2H3,(H,14,17)(H3,12,13,15,16). The van der Waals surface area contributed by atoms with E-state index in [2.05, 4.69) is 34.4 Å². The highest BCUT2D eigenvalue weighted by Crippen LogP contribution is 2.04. The number of carbonyl (C=O) groups excluding carboxylic acids is 1. The zero-order chi connectivity index (χ0) is 12.7. The molecule has 0 aliphatic carbocycles. The fraction of sp³-hybridized carbons (Fsp3) is 0.545. The van der Waals surface area contributed by atoms with E-state index in [1.54, 1.807) is 6.07 Å². The summed E-state index contributed by atoms with van der Waals surface area (Å²) in [5, 5.41) is 5.86. The number of nitrogens with two attached hydrogens (primary N) is 1. The van der Waals surface area contributed by atoms with Crippen LogP contribution in [0.1, 0.15) is 20.3 Å². The van der Waals surface area contributed by atoms with Crippen LogP contribution in [0.5, 0.6) is 0 Å². The lowest BCUT2D eigenvalue weighted by Crippen LogP contribution is -2.28. The maximum atomic E-state index is 11.4. The molecule has 1 rings (SSSR count). The van der Waals surface area contributed by atoms with Gasteiger partial charge >= 0.3 is 0 Å².